The summed E-state index contributed by atoms with van der Waals surface area (Å²) in [6, 6.07) is 1.42. The highest BCUT2D eigenvalue weighted by molar-refractivity contribution is 7.91. The van der Waals surface area contributed by atoms with E-state index >= 15 is 0 Å². The van der Waals surface area contributed by atoms with Crippen molar-refractivity contribution in [3.63, 3.8) is 0 Å². The lowest BCUT2D eigenvalue weighted by Crippen LogP contribution is -2.39. The van der Waals surface area contributed by atoms with Gasteiger partial charge in [-0.15, -0.1) is 0 Å². The third kappa shape index (κ3) is 3.99. The Balaban J connectivity index is 3.35. The van der Waals surface area contributed by atoms with Crippen molar-refractivity contribution in [2.45, 2.75) is 45.0 Å². The minimum Gasteiger partial charge on any atom is -0.307 e. The molecule has 1 aromatic rings. The minimum atomic E-state index is -3.36. The summed E-state index contributed by atoms with van der Waals surface area (Å²) in [5, 5.41) is 2.23. The van der Waals surface area contributed by atoms with Crippen LogP contribution >= 0.6 is 0 Å². The third-order valence-electron chi connectivity index (χ3n) is 3.27. The van der Waals surface area contributed by atoms with Crippen molar-refractivity contribution < 1.29 is 17.2 Å². The second-order valence-corrected chi connectivity index (χ2v) is 7.86. The van der Waals surface area contributed by atoms with Crippen LogP contribution in [0, 0.1) is 18.6 Å². The predicted octanol–water partition coefficient (Wildman–Crippen LogP) is 2.75. The number of aryl methyl sites for hydroxylation is 1. The van der Waals surface area contributed by atoms with Crippen LogP contribution in [0.2, 0.25) is 0 Å². The topological polar surface area (TPSA) is 46.2 Å². The summed E-state index contributed by atoms with van der Waals surface area (Å²) >= 11 is 0. The maximum absolute atomic E-state index is 14.0. The summed E-state index contributed by atoms with van der Waals surface area (Å²) in [5.41, 5.74) is 0.466. The van der Waals surface area contributed by atoms with Crippen LogP contribution in [0.25, 0.3) is 0 Å². The Morgan fingerprint density at radius 1 is 1.10 bits per heavy atom. The fraction of sp³-hybridized carbons (Fsp3) is 0.571. The largest absolute Gasteiger partial charge is 0.307 e. The fourth-order valence-electron chi connectivity index (χ4n) is 2.00. The smallest absolute Gasteiger partial charge is 0.151 e. The minimum absolute atomic E-state index is 0.0334. The molecule has 3 nitrogen and oxygen atoms in total. The Kier molecular flexibility index (Phi) is 5.27. The zero-order chi connectivity index (χ0) is 15.7. The molecule has 1 rings (SSSR count). The molecule has 114 valence electrons. The SMILES string of the molecule is Cc1cc(C(NC(C)C)C(C)S(C)(=O)=O)c(F)cc1F. The van der Waals surface area contributed by atoms with Crippen molar-refractivity contribution in [3.8, 4) is 0 Å². The molecule has 0 amide bonds. The molecule has 0 spiro atoms. The molecule has 0 saturated heterocycles. The number of halogens is 2. The average Bonchev–Trinajstić information content (AvgIpc) is 2.29. The van der Waals surface area contributed by atoms with Crippen molar-refractivity contribution in [2.24, 2.45) is 0 Å². The molecule has 6 heteroatoms. The number of hydrogen-bond acceptors (Lipinski definition) is 3. The van der Waals surface area contributed by atoms with Gasteiger partial charge in [-0.1, -0.05) is 13.8 Å². The van der Waals surface area contributed by atoms with Crippen LogP contribution in [-0.2, 0) is 9.84 Å². The number of nitrogens with one attached hydrogen (secondary N) is 1. The summed E-state index contributed by atoms with van der Waals surface area (Å²) in [4.78, 5) is 0. The van der Waals surface area contributed by atoms with Gasteiger partial charge in [0.15, 0.2) is 9.84 Å². The first-order chi connectivity index (χ1) is 9.04. The van der Waals surface area contributed by atoms with Crippen LogP contribution in [0.5, 0.6) is 0 Å². The van der Waals surface area contributed by atoms with E-state index < -0.39 is 32.8 Å². The van der Waals surface area contributed by atoms with E-state index in [4.69, 9.17) is 0 Å². The molecule has 0 radical (unpaired) electrons. The van der Waals surface area contributed by atoms with Gasteiger partial charge < -0.3 is 5.32 Å². The molecular weight excluding hydrogens is 284 g/mol. The molecule has 0 aromatic heterocycles. The lowest BCUT2D eigenvalue weighted by Gasteiger charge is -2.27. The van der Waals surface area contributed by atoms with Crippen LogP contribution in [-0.4, -0.2) is 26.0 Å². The zero-order valence-electron chi connectivity index (χ0n) is 12.4. The quantitative estimate of drug-likeness (QED) is 0.910. The standard InChI is InChI=1S/C14H21F2NO2S/c1-8(2)17-14(10(4)20(5,18)19)11-6-9(3)12(15)7-13(11)16/h6-8,10,14,17H,1-5H3. The molecule has 0 aliphatic heterocycles. The van der Waals surface area contributed by atoms with Crippen molar-refractivity contribution in [1.82, 2.24) is 5.32 Å². The molecule has 2 atom stereocenters. The maximum atomic E-state index is 14.0. The van der Waals surface area contributed by atoms with E-state index in [0.29, 0.717) is 0 Å². The Labute approximate surface area is 119 Å². The second kappa shape index (κ2) is 6.18. The van der Waals surface area contributed by atoms with E-state index in [2.05, 4.69) is 5.32 Å². The highest BCUT2D eigenvalue weighted by Gasteiger charge is 2.30. The van der Waals surface area contributed by atoms with Crippen LogP contribution in [0.4, 0.5) is 8.78 Å². The zero-order valence-corrected chi connectivity index (χ0v) is 13.2. The van der Waals surface area contributed by atoms with Gasteiger partial charge in [-0.05, 0) is 25.5 Å². The molecule has 1 aromatic carbocycles. The average molecular weight is 305 g/mol. The first-order valence-electron chi connectivity index (χ1n) is 6.44. The molecule has 0 saturated carbocycles. The molecule has 2 unspecified atom stereocenters. The lowest BCUT2D eigenvalue weighted by atomic mass is 10.00. The normalized spacial score (nSPS) is 15.4. The predicted molar refractivity (Wildman–Crippen MR) is 76.4 cm³/mol. The molecule has 0 fully saturated rings. The van der Waals surface area contributed by atoms with Gasteiger partial charge in [0.1, 0.15) is 11.6 Å². The maximum Gasteiger partial charge on any atom is 0.151 e. The third-order valence-corrected chi connectivity index (χ3v) is 4.89. The van der Waals surface area contributed by atoms with Crippen molar-refractivity contribution in [2.75, 3.05) is 6.26 Å². The van der Waals surface area contributed by atoms with E-state index in [1.165, 1.54) is 19.9 Å². The van der Waals surface area contributed by atoms with E-state index in [9.17, 15) is 17.2 Å². The molecule has 0 heterocycles. The number of rotatable bonds is 5. The number of benzene rings is 1. The van der Waals surface area contributed by atoms with E-state index in [0.717, 1.165) is 12.3 Å². The lowest BCUT2D eigenvalue weighted by molar-refractivity contribution is 0.440. The van der Waals surface area contributed by atoms with Gasteiger partial charge in [0.05, 0.1) is 11.3 Å². The van der Waals surface area contributed by atoms with Gasteiger partial charge >= 0.3 is 0 Å². The van der Waals surface area contributed by atoms with Gasteiger partial charge in [-0.2, -0.15) is 0 Å². The molecule has 0 bridgehead atoms. The molecular formula is C14H21F2NO2S. The highest BCUT2D eigenvalue weighted by atomic mass is 32.2. The van der Waals surface area contributed by atoms with Crippen molar-refractivity contribution >= 4 is 9.84 Å². The summed E-state index contributed by atoms with van der Waals surface area (Å²) in [7, 11) is -3.36. The van der Waals surface area contributed by atoms with Crippen LogP contribution in [0.15, 0.2) is 12.1 Å². The Morgan fingerprint density at radius 2 is 1.65 bits per heavy atom. The molecule has 0 aliphatic carbocycles. The first kappa shape index (κ1) is 17.0. The summed E-state index contributed by atoms with van der Waals surface area (Å²) in [6.07, 6.45) is 1.11. The summed E-state index contributed by atoms with van der Waals surface area (Å²) in [6.45, 7) is 6.73. The van der Waals surface area contributed by atoms with E-state index in [1.54, 1.807) is 0 Å². The number of sulfone groups is 1. The van der Waals surface area contributed by atoms with E-state index in [1.807, 2.05) is 13.8 Å². The monoisotopic (exact) mass is 305 g/mol. The summed E-state index contributed by atoms with van der Waals surface area (Å²) < 4.78 is 50.9. The fourth-order valence-corrected chi connectivity index (χ4v) is 2.72. The van der Waals surface area contributed by atoms with Crippen molar-refractivity contribution in [1.29, 1.82) is 0 Å². The van der Waals surface area contributed by atoms with Crippen LogP contribution < -0.4 is 5.32 Å². The molecule has 0 aliphatic rings. The number of hydrogen-bond donors (Lipinski definition) is 1. The molecule has 1 N–H and O–H groups in total. The van der Waals surface area contributed by atoms with Gasteiger partial charge in [0.2, 0.25) is 0 Å². The van der Waals surface area contributed by atoms with Gasteiger partial charge in [0, 0.05) is 23.9 Å². The van der Waals surface area contributed by atoms with Crippen molar-refractivity contribution in [3.05, 3.63) is 34.9 Å². The van der Waals surface area contributed by atoms with Crippen LogP contribution in [0.1, 0.15) is 37.9 Å². The Bertz CT molecular complexity index is 585. The van der Waals surface area contributed by atoms with Crippen LogP contribution in [0.3, 0.4) is 0 Å². The molecule has 20 heavy (non-hydrogen) atoms. The van der Waals surface area contributed by atoms with E-state index in [-0.39, 0.29) is 17.2 Å². The highest BCUT2D eigenvalue weighted by Crippen LogP contribution is 2.27. The summed E-state index contributed by atoms with van der Waals surface area (Å²) in [5.74, 6) is -1.37. The Hall–Kier alpha value is -1.01. The van der Waals surface area contributed by atoms with Gasteiger partial charge in [-0.3, -0.25) is 0 Å². The van der Waals surface area contributed by atoms with Gasteiger partial charge in [0.25, 0.3) is 0 Å². The Morgan fingerprint density at radius 3 is 2.10 bits per heavy atom. The van der Waals surface area contributed by atoms with Gasteiger partial charge in [-0.25, -0.2) is 17.2 Å². The second-order valence-electron chi connectivity index (χ2n) is 5.46. The first-order valence-corrected chi connectivity index (χ1v) is 8.40.